The first kappa shape index (κ1) is 30.6. The van der Waals surface area contributed by atoms with Gasteiger partial charge in [0.1, 0.15) is 12.3 Å². The number of ether oxygens (including phenoxy) is 1. The van der Waals surface area contributed by atoms with Gasteiger partial charge in [-0.2, -0.15) is 13.2 Å². The number of hydrogen-bond acceptors (Lipinski definition) is 5. The number of likely N-dealkylation sites (tertiary alicyclic amines) is 1. The van der Waals surface area contributed by atoms with Crippen LogP contribution in [0.5, 0.6) is 5.75 Å². The molecule has 1 aromatic heterocycles. The van der Waals surface area contributed by atoms with Crippen LogP contribution in [0.4, 0.5) is 24.5 Å². The van der Waals surface area contributed by atoms with Gasteiger partial charge in [-0.05, 0) is 101 Å². The van der Waals surface area contributed by atoms with Gasteiger partial charge in [0.15, 0.2) is 0 Å². The number of benzene rings is 2. The monoisotopic (exact) mass is 595 g/mol. The molecule has 7 nitrogen and oxygen atoms in total. The van der Waals surface area contributed by atoms with Crippen molar-refractivity contribution in [1.82, 2.24) is 14.8 Å². The molecule has 1 aliphatic carbocycles. The average Bonchev–Trinajstić information content (AvgIpc) is 3.65. The zero-order valence-electron chi connectivity index (χ0n) is 25.0. The van der Waals surface area contributed by atoms with Gasteiger partial charge in [-0.15, -0.1) is 0 Å². The van der Waals surface area contributed by atoms with Crippen LogP contribution < -0.4 is 20.7 Å². The minimum atomic E-state index is -4.40. The number of alkyl halides is 3. The Labute approximate surface area is 251 Å². The van der Waals surface area contributed by atoms with Crippen LogP contribution in [-0.4, -0.2) is 66.9 Å². The summed E-state index contributed by atoms with van der Waals surface area (Å²) in [7, 11) is 3.05. The summed E-state index contributed by atoms with van der Waals surface area (Å²) >= 11 is 0. The van der Waals surface area contributed by atoms with Crippen LogP contribution in [0.25, 0.3) is 10.9 Å². The van der Waals surface area contributed by atoms with E-state index in [1.54, 1.807) is 37.4 Å². The van der Waals surface area contributed by atoms with E-state index in [1.165, 1.54) is 37.6 Å². The highest BCUT2D eigenvalue weighted by molar-refractivity contribution is 5.95. The van der Waals surface area contributed by atoms with Gasteiger partial charge < -0.3 is 25.3 Å². The molecule has 10 heteroatoms. The van der Waals surface area contributed by atoms with Crippen molar-refractivity contribution in [3.8, 4) is 17.6 Å². The molecule has 230 valence electrons. The van der Waals surface area contributed by atoms with Gasteiger partial charge in [-0.1, -0.05) is 12.0 Å². The van der Waals surface area contributed by atoms with E-state index in [-0.39, 0.29) is 24.0 Å². The van der Waals surface area contributed by atoms with E-state index in [2.05, 4.69) is 39.6 Å². The van der Waals surface area contributed by atoms with Crippen molar-refractivity contribution in [3.63, 3.8) is 0 Å². The van der Waals surface area contributed by atoms with E-state index in [4.69, 9.17) is 4.74 Å². The van der Waals surface area contributed by atoms with Crippen molar-refractivity contribution < 1.29 is 22.7 Å². The number of hydrogen-bond donors (Lipinski definition) is 3. The molecule has 3 N–H and O–H groups in total. The normalized spacial score (nSPS) is 20.8. The van der Waals surface area contributed by atoms with E-state index in [0.717, 1.165) is 36.8 Å². The fourth-order valence-corrected chi connectivity index (χ4v) is 6.44. The molecule has 2 aromatic carbocycles. The van der Waals surface area contributed by atoms with Crippen molar-refractivity contribution in [3.05, 3.63) is 53.7 Å². The molecule has 0 spiro atoms. The highest BCUT2D eigenvalue weighted by atomic mass is 19.4. The molecule has 1 saturated heterocycles. The molecule has 2 heterocycles. The summed E-state index contributed by atoms with van der Waals surface area (Å²) in [4.78, 5) is 14.6. The topological polar surface area (TPSA) is 70.6 Å². The van der Waals surface area contributed by atoms with E-state index >= 15 is 0 Å². The fourth-order valence-electron chi connectivity index (χ4n) is 6.44. The second-order valence-electron chi connectivity index (χ2n) is 11.7. The predicted octanol–water partition coefficient (Wildman–Crippen LogP) is 6.24. The number of rotatable bonds is 8. The lowest BCUT2D eigenvalue weighted by Crippen LogP contribution is -2.48. The van der Waals surface area contributed by atoms with Crippen LogP contribution in [0.2, 0.25) is 0 Å². The molecule has 5 rings (SSSR count). The second-order valence-corrected chi connectivity index (χ2v) is 11.7. The van der Waals surface area contributed by atoms with Gasteiger partial charge in [0.05, 0.1) is 30.6 Å². The number of nitrogens with one attached hydrogen (secondary N) is 3. The average molecular weight is 596 g/mol. The SMILES string of the molecule is CNC(=O)c1ccc(NCC#Cc2cc3c(NC4CCC(C)(N5CCCC5)CC4)cccc3n2CC(F)(F)F)c(OC)c1. The molecule has 1 amide bonds. The van der Waals surface area contributed by atoms with Crippen LogP contribution in [-0.2, 0) is 6.54 Å². The maximum absolute atomic E-state index is 13.7. The summed E-state index contributed by atoms with van der Waals surface area (Å²) in [5.41, 5.74) is 2.96. The summed E-state index contributed by atoms with van der Waals surface area (Å²) in [6.07, 6.45) is 2.42. The number of amides is 1. The molecule has 3 aromatic rings. The number of carbonyl (C=O) groups excluding carboxylic acids is 1. The lowest BCUT2D eigenvalue weighted by atomic mass is 9.79. The molecule has 2 aliphatic rings. The molecule has 1 aliphatic heterocycles. The molecule has 0 atom stereocenters. The molecule has 0 radical (unpaired) electrons. The molecular weight excluding hydrogens is 555 g/mol. The second kappa shape index (κ2) is 12.8. The largest absolute Gasteiger partial charge is 0.495 e. The van der Waals surface area contributed by atoms with Crippen LogP contribution >= 0.6 is 0 Å². The number of aromatic nitrogens is 1. The zero-order valence-corrected chi connectivity index (χ0v) is 25.0. The van der Waals surface area contributed by atoms with Gasteiger partial charge in [-0.25, -0.2) is 0 Å². The van der Waals surface area contributed by atoms with Gasteiger partial charge in [0.2, 0.25) is 0 Å². The third-order valence-corrected chi connectivity index (χ3v) is 8.85. The van der Waals surface area contributed by atoms with Crippen molar-refractivity contribution in [2.24, 2.45) is 0 Å². The third-order valence-electron chi connectivity index (χ3n) is 8.85. The van der Waals surface area contributed by atoms with E-state index < -0.39 is 12.7 Å². The summed E-state index contributed by atoms with van der Waals surface area (Å²) in [6.45, 7) is 3.78. The molecule has 0 unspecified atom stereocenters. The maximum atomic E-state index is 13.7. The molecule has 1 saturated carbocycles. The Kier molecular flexibility index (Phi) is 9.11. The number of nitrogens with zero attached hydrogens (tertiary/aromatic N) is 2. The number of anilines is 2. The van der Waals surface area contributed by atoms with E-state index in [9.17, 15) is 18.0 Å². The van der Waals surface area contributed by atoms with Crippen molar-refractivity contribution in [2.45, 2.75) is 69.8 Å². The van der Waals surface area contributed by atoms with Crippen molar-refractivity contribution in [1.29, 1.82) is 0 Å². The van der Waals surface area contributed by atoms with Crippen molar-refractivity contribution in [2.75, 3.05) is 44.4 Å². The Hall–Kier alpha value is -3.84. The maximum Gasteiger partial charge on any atom is 0.406 e. The Bertz CT molecular complexity index is 1510. The fraction of sp³-hybridized carbons (Fsp3) is 0.485. The van der Waals surface area contributed by atoms with Crippen LogP contribution in [0.3, 0.4) is 0 Å². The molecule has 43 heavy (non-hydrogen) atoms. The number of fused-ring (bicyclic) bond motifs is 1. The van der Waals surface area contributed by atoms with E-state index in [0.29, 0.717) is 28.2 Å². The minimum Gasteiger partial charge on any atom is -0.495 e. The van der Waals surface area contributed by atoms with Crippen molar-refractivity contribution >= 4 is 28.2 Å². The standard InChI is InChI=1S/C33H40F3N5O2/c1-32(40-18-4-5-19-40)15-13-24(14-16-32)39-27-9-6-10-29-26(27)21-25(41(29)22-33(34,35)36)8-7-17-38-28-12-11-23(31(42)37-2)20-30(28)43-3/h6,9-12,20-21,24,38-39H,4-5,13-19,22H2,1-3H3,(H,37,42). The van der Waals surface area contributed by atoms with Gasteiger partial charge in [-0.3, -0.25) is 9.69 Å². The highest BCUT2D eigenvalue weighted by Gasteiger charge is 2.37. The zero-order chi connectivity index (χ0) is 30.6. The predicted molar refractivity (Wildman–Crippen MR) is 165 cm³/mol. The Morgan fingerprint density at radius 2 is 1.84 bits per heavy atom. The summed E-state index contributed by atoms with van der Waals surface area (Å²) in [5, 5.41) is 10.1. The lowest BCUT2D eigenvalue weighted by molar-refractivity contribution is -0.140. The first-order chi connectivity index (χ1) is 20.6. The van der Waals surface area contributed by atoms with Crippen LogP contribution in [0.1, 0.15) is 61.5 Å². The Morgan fingerprint density at radius 1 is 1.09 bits per heavy atom. The number of methoxy groups -OCH3 is 1. The Morgan fingerprint density at radius 3 is 2.51 bits per heavy atom. The smallest absolute Gasteiger partial charge is 0.406 e. The van der Waals surface area contributed by atoms with Crippen LogP contribution in [0, 0.1) is 11.8 Å². The van der Waals surface area contributed by atoms with Gasteiger partial charge >= 0.3 is 6.18 Å². The number of halogens is 3. The molecule has 2 fully saturated rings. The summed E-state index contributed by atoms with van der Waals surface area (Å²) in [5.74, 6) is 6.15. The summed E-state index contributed by atoms with van der Waals surface area (Å²) in [6, 6.07) is 12.5. The first-order valence-corrected chi connectivity index (χ1v) is 14.9. The van der Waals surface area contributed by atoms with Gasteiger partial charge in [0.25, 0.3) is 5.91 Å². The molecular formula is C33H40F3N5O2. The lowest BCUT2D eigenvalue weighted by Gasteiger charge is -2.44. The third kappa shape index (κ3) is 7.04. The highest BCUT2D eigenvalue weighted by Crippen LogP contribution is 2.38. The Balaban J connectivity index is 1.34. The van der Waals surface area contributed by atoms with E-state index in [1.807, 2.05) is 12.1 Å². The first-order valence-electron chi connectivity index (χ1n) is 14.9. The number of carbonyl (C=O) groups is 1. The quantitative estimate of drug-likeness (QED) is 0.269. The van der Waals surface area contributed by atoms with Crippen LogP contribution in [0.15, 0.2) is 42.5 Å². The minimum absolute atomic E-state index is 0.173. The molecule has 0 bridgehead atoms. The van der Waals surface area contributed by atoms with Gasteiger partial charge in [0, 0.05) is 35.3 Å². The summed E-state index contributed by atoms with van der Waals surface area (Å²) < 4.78 is 47.6.